The van der Waals surface area contributed by atoms with E-state index < -0.39 is 30.6 Å². The molecule has 1 heterocycles. The van der Waals surface area contributed by atoms with Gasteiger partial charge in [-0.1, -0.05) is 0 Å². The van der Waals surface area contributed by atoms with Crippen LogP contribution in [-0.2, 0) is 19.1 Å². The highest BCUT2D eigenvalue weighted by Crippen LogP contribution is 2.21. The summed E-state index contributed by atoms with van der Waals surface area (Å²) in [6.45, 7) is 5.04. The predicted octanol–water partition coefficient (Wildman–Crippen LogP) is 1.99. The molecule has 0 saturated carbocycles. The lowest BCUT2D eigenvalue weighted by molar-refractivity contribution is -0.163. The van der Waals surface area contributed by atoms with Crippen LogP contribution in [0.2, 0.25) is 0 Å². The van der Waals surface area contributed by atoms with Crippen molar-refractivity contribution in [3.05, 3.63) is 0 Å². The first-order valence-corrected chi connectivity index (χ1v) is 7.09. The van der Waals surface area contributed by atoms with Gasteiger partial charge in [-0.05, 0) is 33.6 Å². The molecule has 21 heavy (non-hydrogen) atoms. The van der Waals surface area contributed by atoms with Gasteiger partial charge >= 0.3 is 5.97 Å². The maximum atomic E-state index is 12.0. The topological polar surface area (TPSA) is 55.8 Å². The van der Waals surface area contributed by atoms with Gasteiger partial charge in [0, 0.05) is 6.54 Å². The van der Waals surface area contributed by atoms with Gasteiger partial charge in [0.1, 0.15) is 18.2 Å². The second kappa shape index (κ2) is 7.68. The number of halogens is 2. The van der Waals surface area contributed by atoms with Crippen LogP contribution in [0.5, 0.6) is 0 Å². The number of ether oxygens (including phenoxy) is 2. The van der Waals surface area contributed by atoms with E-state index in [0.717, 1.165) is 6.42 Å². The van der Waals surface area contributed by atoms with Crippen molar-refractivity contribution in [1.82, 2.24) is 4.90 Å². The Kier molecular flexibility index (Phi) is 6.51. The Morgan fingerprint density at radius 1 is 1.33 bits per heavy atom. The number of rotatable bonds is 6. The maximum absolute atomic E-state index is 12.0. The standard InChI is InChI=1S/C14H23F2NO4/c1-14(2,3)21-13(19)10-5-4-7-17(10)12(18)6-8-20-9-11(15)16/h10-11H,4-9H2,1-3H3/t10-/m1/s1. The van der Waals surface area contributed by atoms with E-state index in [-0.39, 0.29) is 18.9 Å². The zero-order valence-electron chi connectivity index (χ0n) is 12.7. The molecule has 0 aromatic heterocycles. The fraction of sp³-hybridized carbons (Fsp3) is 0.857. The molecule has 1 saturated heterocycles. The van der Waals surface area contributed by atoms with Gasteiger partial charge in [-0.25, -0.2) is 13.6 Å². The van der Waals surface area contributed by atoms with Gasteiger partial charge in [0.15, 0.2) is 0 Å². The number of hydrogen-bond acceptors (Lipinski definition) is 4. The summed E-state index contributed by atoms with van der Waals surface area (Å²) in [6.07, 6.45) is -1.25. The minimum atomic E-state index is -2.54. The van der Waals surface area contributed by atoms with Crippen molar-refractivity contribution in [3.63, 3.8) is 0 Å². The molecule has 0 spiro atoms. The van der Waals surface area contributed by atoms with Crippen molar-refractivity contribution in [1.29, 1.82) is 0 Å². The lowest BCUT2D eigenvalue weighted by Crippen LogP contribution is -2.43. The van der Waals surface area contributed by atoms with E-state index in [1.54, 1.807) is 20.8 Å². The number of nitrogens with zero attached hydrogens (tertiary/aromatic N) is 1. The second-order valence-corrected chi connectivity index (χ2v) is 5.99. The van der Waals surface area contributed by atoms with Crippen molar-refractivity contribution >= 4 is 11.9 Å². The molecule has 1 fully saturated rings. The summed E-state index contributed by atoms with van der Waals surface area (Å²) in [5.41, 5.74) is -0.602. The van der Waals surface area contributed by atoms with Crippen molar-refractivity contribution in [3.8, 4) is 0 Å². The highest BCUT2D eigenvalue weighted by molar-refractivity contribution is 5.85. The quantitative estimate of drug-likeness (QED) is 0.556. The minimum absolute atomic E-state index is 0.00792. The lowest BCUT2D eigenvalue weighted by Gasteiger charge is -2.27. The lowest BCUT2D eigenvalue weighted by atomic mass is 10.1. The largest absolute Gasteiger partial charge is 0.458 e. The van der Waals surface area contributed by atoms with Crippen LogP contribution in [0, 0.1) is 0 Å². The number of esters is 1. The molecule has 0 aromatic rings. The van der Waals surface area contributed by atoms with E-state index in [4.69, 9.17) is 4.74 Å². The van der Waals surface area contributed by atoms with Gasteiger partial charge in [0.05, 0.1) is 13.0 Å². The summed E-state index contributed by atoms with van der Waals surface area (Å²) in [4.78, 5) is 25.5. The maximum Gasteiger partial charge on any atom is 0.329 e. The Morgan fingerprint density at radius 3 is 2.57 bits per heavy atom. The van der Waals surface area contributed by atoms with Crippen molar-refractivity contribution < 1.29 is 27.8 Å². The third-order valence-corrected chi connectivity index (χ3v) is 2.96. The predicted molar refractivity (Wildman–Crippen MR) is 72.0 cm³/mol. The normalized spacial score (nSPS) is 19.1. The molecule has 1 aliphatic rings. The number of carbonyl (C=O) groups is 2. The van der Waals surface area contributed by atoms with E-state index in [0.29, 0.717) is 13.0 Å². The van der Waals surface area contributed by atoms with E-state index in [9.17, 15) is 18.4 Å². The highest BCUT2D eigenvalue weighted by Gasteiger charge is 2.36. The number of alkyl halides is 2. The summed E-state index contributed by atoms with van der Waals surface area (Å²) >= 11 is 0. The molecule has 0 radical (unpaired) electrons. The van der Waals surface area contributed by atoms with E-state index in [1.165, 1.54) is 4.90 Å². The molecular weight excluding hydrogens is 284 g/mol. The molecule has 1 aliphatic heterocycles. The average Bonchev–Trinajstić information content (AvgIpc) is 2.81. The molecule has 1 amide bonds. The van der Waals surface area contributed by atoms with Gasteiger partial charge in [-0.15, -0.1) is 0 Å². The third kappa shape index (κ3) is 6.37. The summed E-state index contributed by atoms with van der Waals surface area (Å²) in [5.74, 6) is -0.681. The molecule has 0 unspecified atom stereocenters. The first kappa shape index (κ1) is 17.8. The summed E-state index contributed by atoms with van der Waals surface area (Å²) in [7, 11) is 0. The molecular formula is C14H23F2NO4. The van der Waals surface area contributed by atoms with Crippen LogP contribution in [0.4, 0.5) is 8.78 Å². The second-order valence-electron chi connectivity index (χ2n) is 5.99. The van der Waals surface area contributed by atoms with Crippen LogP contribution < -0.4 is 0 Å². The summed E-state index contributed by atoms with van der Waals surface area (Å²) < 4.78 is 33.8. The Bertz CT molecular complexity index is 368. The molecule has 0 aromatic carbocycles. The molecule has 0 bridgehead atoms. The van der Waals surface area contributed by atoms with Crippen molar-refractivity contribution in [2.75, 3.05) is 19.8 Å². The van der Waals surface area contributed by atoms with E-state index in [1.807, 2.05) is 0 Å². The summed E-state index contributed by atoms with van der Waals surface area (Å²) in [5, 5.41) is 0. The summed E-state index contributed by atoms with van der Waals surface area (Å²) in [6, 6.07) is -0.577. The number of carbonyl (C=O) groups excluding carboxylic acids is 2. The molecule has 122 valence electrons. The van der Waals surface area contributed by atoms with Crippen molar-refractivity contribution in [2.45, 2.75) is 58.1 Å². The minimum Gasteiger partial charge on any atom is -0.458 e. The van der Waals surface area contributed by atoms with Gasteiger partial charge in [-0.2, -0.15) is 0 Å². The van der Waals surface area contributed by atoms with Crippen molar-refractivity contribution in [2.24, 2.45) is 0 Å². The Hall–Kier alpha value is -1.24. The van der Waals surface area contributed by atoms with Crippen LogP contribution in [0.1, 0.15) is 40.0 Å². The van der Waals surface area contributed by atoms with E-state index in [2.05, 4.69) is 4.74 Å². The van der Waals surface area contributed by atoms with Gasteiger partial charge < -0.3 is 14.4 Å². The fourth-order valence-corrected chi connectivity index (χ4v) is 2.16. The molecule has 1 atom stereocenters. The van der Waals surface area contributed by atoms with Crippen LogP contribution in [-0.4, -0.2) is 54.6 Å². The van der Waals surface area contributed by atoms with Crippen LogP contribution in [0.25, 0.3) is 0 Å². The first-order valence-electron chi connectivity index (χ1n) is 7.09. The van der Waals surface area contributed by atoms with Crippen LogP contribution in [0.15, 0.2) is 0 Å². The number of likely N-dealkylation sites (tertiary alicyclic amines) is 1. The zero-order chi connectivity index (χ0) is 16.0. The Labute approximate surface area is 123 Å². The average molecular weight is 307 g/mol. The Balaban J connectivity index is 2.45. The van der Waals surface area contributed by atoms with Crippen LogP contribution in [0.3, 0.4) is 0 Å². The number of amides is 1. The van der Waals surface area contributed by atoms with Gasteiger partial charge in [0.2, 0.25) is 5.91 Å². The molecule has 1 rings (SSSR count). The molecule has 5 nitrogen and oxygen atoms in total. The smallest absolute Gasteiger partial charge is 0.329 e. The SMILES string of the molecule is CC(C)(C)OC(=O)[C@H]1CCCN1C(=O)CCOCC(F)F. The third-order valence-electron chi connectivity index (χ3n) is 2.96. The van der Waals surface area contributed by atoms with Crippen LogP contribution >= 0.6 is 0 Å². The van der Waals surface area contributed by atoms with Gasteiger partial charge in [0.25, 0.3) is 6.43 Å². The molecule has 0 N–H and O–H groups in total. The van der Waals surface area contributed by atoms with Gasteiger partial charge in [-0.3, -0.25) is 4.79 Å². The zero-order valence-corrected chi connectivity index (χ0v) is 12.7. The Morgan fingerprint density at radius 2 is 2.00 bits per heavy atom. The highest BCUT2D eigenvalue weighted by atomic mass is 19.3. The molecule has 0 aliphatic carbocycles. The number of hydrogen-bond donors (Lipinski definition) is 0. The fourth-order valence-electron chi connectivity index (χ4n) is 2.16. The first-order chi connectivity index (χ1) is 9.70. The molecule has 7 heteroatoms. The van der Waals surface area contributed by atoms with E-state index >= 15 is 0 Å². The monoisotopic (exact) mass is 307 g/mol.